The summed E-state index contributed by atoms with van der Waals surface area (Å²) in [5.74, 6) is 0.572. The lowest BCUT2D eigenvalue weighted by atomic mass is 10.2. The van der Waals surface area contributed by atoms with Crippen LogP contribution in [0.2, 0.25) is 5.02 Å². The van der Waals surface area contributed by atoms with E-state index >= 15 is 0 Å². The zero-order valence-corrected chi connectivity index (χ0v) is 18.8. The van der Waals surface area contributed by atoms with Crippen molar-refractivity contribution in [3.63, 3.8) is 0 Å². The summed E-state index contributed by atoms with van der Waals surface area (Å²) in [6.07, 6.45) is 5.24. The third-order valence-electron chi connectivity index (χ3n) is 5.11. The molecule has 1 aromatic carbocycles. The Balaban J connectivity index is 1.35. The average Bonchev–Trinajstić information content (AvgIpc) is 3.53. The van der Waals surface area contributed by atoms with E-state index in [9.17, 15) is 4.79 Å². The number of benzene rings is 1. The first-order valence-corrected chi connectivity index (χ1v) is 11.2. The van der Waals surface area contributed by atoms with Crippen LogP contribution < -0.4 is 5.32 Å². The SMILES string of the molecule is Cc1nn(Cc2ccc(Cl)cc2)c2sc(C(=O)NCc3cccnc3-n3cccn3)cc12. The van der Waals surface area contributed by atoms with Crippen molar-refractivity contribution < 1.29 is 4.79 Å². The van der Waals surface area contributed by atoms with Crippen molar-refractivity contribution in [2.75, 3.05) is 0 Å². The summed E-state index contributed by atoms with van der Waals surface area (Å²) in [5.41, 5.74) is 2.88. The van der Waals surface area contributed by atoms with Gasteiger partial charge < -0.3 is 5.32 Å². The van der Waals surface area contributed by atoms with Gasteiger partial charge in [0.1, 0.15) is 4.83 Å². The summed E-state index contributed by atoms with van der Waals surface area (Å²) in [5, 5.41) is 13.6. The molecule has 0 saturated carbocycles. The number of aryl methyl sites for hydroxylation is 1. The van der Waals surface area contributed by atoms with E-state index in [1.54, 1.807) is 17.1 Å². The second kappa shape index (κ2) is 8.57. The molecule has 7 nitrogen and oxygen atoms in total. The molecule has 1 N–H and O–H groups in total. The van der Waals surface area contributed by atoms with Crippen molar-refractivity contribution >= 4 is 39.1 Å². The van der Waals surface area contributed by atoms with Crippen molar-refractivity contribution in [1.29, 1.82) is 0 Å². The average molecular weight is 463 g/mol. The Kier molecular flexibility index (Phi) is 5.46. The van der Waals surface area contributed by atoms with Crippen LogP contribution in [0.25, 0.3) is 16.0 Å². The summed E-state index contributed by atoms with van der Waals surface area (Å²) in [6.45, 7) is 2.93. The molecule has 32 heavy (non-hydrogen) atoms. The van der Waals surface area contributed by atoms with Crippen LogP contribution in [0.3, 0.4) is 0 Å². The Bertz CT molecular complexity index is 1390. The molecule has 0 fully saturated rings. The number of nitrogens with one attached hydrogen (secondary N) is 1. The Labute approximate surface area is 193 Å². The second-order valence-corrected chi connectivity index (χ2v) is 8.79. The first kappa shape index (κ1) is 20.4. The van der Waals surface area contributed by atoms with Gasteiger partial charge >= 0.3 is 0 Å². The zero-order valence-electron chi connectivity index (χ0n) is 17.2. The maximum absolute atomic E-state index is 12.9. The van der Waals surface area contributed by atoms with E-state index in [-0.39, 0.29) is 5.91 Å². The van der Waals surface area contributed by atoms with Gasteiger partial charge in [-0.25, -0.2) is 9.67 Å². The van der Waals surface area contributed by atoms with Crippen LogP contribution in [0.15, 0.2) is 67.1 Å². The minimum Gasteiger partial charge on any atom is -0.347 e. The van der Waals surface area contributed by atoms with E-state index in [0.29, 0.717) is 28.8 Å². The summed E-state index contributed by atoms with van der Waals surface area (Å²) in [4.78, 5) is 18.9. The molecule has 4 heterocycles. The van der Waals surface area contributed by atoms with Crippen molar-refractivity contribution in [2.24, 2.45) is 0 Å². The number of fused-ring (bicyclic) bond motifs is 1. The molecule has 160 valence electrons. The minimum atomic E-state index is -0.126. The highest BCUT2D eigenvalue weighted by atomic mass is 35.5. The predicted octanol–water partition coefficient (Wildman–Crippen LogP) is 4.62. The summed E-state index contributed by atoms with van der Waals surface area (Å²) >= 11 is 7.43. The maximum Gasteiger partial charge on any atom is 0.261 e. The van der Waals surface area contributed by atoms with Crippen molar-refractivity contribution in [2.45, 2.75) is 20.0 Å². The molecular formula is C23H19ClN6OS. The third kappa shape index (κ3) is 4.02. The molecule has 0 aliphatic rings. The molecule has 0 bridgehead atoms. The molecule has 0 spiro atoms. The van der Waals surface area contributed by atoms with Crippen molar-refractivity contribution in [3.8, 4) is 5.82 Å². The van der Waals surface area contributed by atoms with Gasteiger partial charge in [-0.15, -0.1) is 11.3 Å². The molecule has 9 heteroatoms. The molecule has 0 unspecified atom stereocenters. The monoisotopic (exact) mass is 462 g/mol. The van der Waals surface area contributed by atoms with Gasteiger partial charge in [-0.2, -0.15) is 10.2 Å². The van der Waals surface area contributed by atoms with E-state index in [1.165, 1.54) is 11.3 Å². The zero-order chi connectivity index (χ0) is 22.1. The smallest absolute Gasteiger partial charge is 0.261 e. The van der Waals surface area contributed by atoms with E-state index < -0.39 is 0 Å². The Morgan fingerprint density at radius 3 is 2.78 bits per heavy atom. The van der Waals surface area contributed by atoms with Crippen LogP contribution >= 0.6 is 22.9 Å². The normalized spacial score (nSPS) is 11.2. The molecule has 0 radical (unpaired) electrons. The molecule has 5 rings (SSSR count). The number of thiophene rings is 1. The van der Waals surface area contributed by atoms with Gasteiger partial charge in [0.15, 0.2) is 5.82 Å². The number of hydrogen-bond donors (Lipinski definition) is 1. The fraction of sp³-hybridized carbons (Fsp3) is 0.130. The van der Waals surface area contributed by atoms with Crippen LogP contribution in [0.5, 0.6) is 0 Å². The number of carbonyl (C=O) groups is 1. The van der Waals surface area contributed by atoms with E-state index in [0.717, 1.165) is 27.0 Å². The topological polar surface area (TPSA) is 77.6 Å². The van der Waals surface area contributed by atoms with Crippen LogP contribution in [0.1, 0.15) is 26.5 Å². The van der Waals surface area contributed by atoms with Gasteiger partial charge in [-0.05, 0) is 42.8 Å². The Morgan fingerprint density at radius 1 is 1.16 bits per heavy atom. The summed E-state index contributed by atoms with van der Waals surface area (Å²) in [7, 11) is 0. The molecule has 0 aliphatic carbocycles. The largest absolute Gasteiger partial charge is 0.347 e. The van der Waals surface area contributed by atoms with Crippen LogP contribution in [-0.2, 0) is 13.1 Å². The van der Waals surface area contributed by atoms with Crippen LogP contribution in [0.4, 0.5) is 0 Å². The minimum absolute atomic E-state index is 0.126. The van der Waals surface area contributed by atoms with Crippen LogP contribution in [-0.4, -0.2) is 30.5 Å². The second-order valence-electron chi connectivity index (χ2n) is 7.32. The van der Waals surface area contributed by atoms with Gasteiger partial charge in [-0.3, -0.25) is 9.48 Å². The molecule has 0 saturated heterocycles. The van der Waals surface area contributed by atoms with Gasteiger partial charge in [-0.1, -0.05) is 29.8 Å². The van der Waals surface area contributed by atoms with E-state index in [4.69, 9.17) is 11.6 Å². The lowest BCUT2D eigenvalue weighted by Crippen LogP contribution is -2.23. The van der Waals surface area contributed by atoms with Crippen molar-refractivity contribution in [3.05, 3.63) is 93.8 Å². The molecular weight excluding hydrogens is 444 g/mol. The fourth-order valence-corrected chi connectivity index (χ4v) is 4.73. The molecule has 4 aromatic heterocycles. The van der Waals surface area contributed by atoms with Crippen molar-refractivity contribution in [1.82, 2.24) is 29.9 Å². The first-order valence-electron chi connectivity index (χ1n) is 10.0. The highest BCUT2D eigenvalue weighted by molar-refractivity contribution is 7.20. The number of carbonyl (C=O) groups excluding carboxylic acids is 1. The molecule has 0 atom stereocenters. The highest BCUT2D eigenvalue weighted by Gasteiger charge is 2.17. The van der Waals surface area contributed by atoms with Crippen LogP contribution in [0, 0.1) is 6.92 Å². The number of halogens is 1. The quantitative estimate of drug-likeness (QED) is 0.399. The Morgan fingerprint density at radius 2 is 2.00 bits per heavy atom. The molecule has 0 aliphatic heterocycles. The molecule has 1 amide bonds. The maximum atomic E-state index is 12.9. The third-order valence-corrected chi connectivity index (χ3v) is 6.50. The standard InChI is InChI=1S/C23H19ClN6OS/c1-15-19-12-20(32-23(19)30(28-15)14-16-5-7-18(24)8-6-16)22(31)26-13-17-4-2-9-25-21(17)29-11-3-10-27-29/h2-12H,13-14H2,1H3,(H,26,31). The lowest BCUT2D eigenvalue weighted by Gasteiger charge is -2.09. The number of amides is 1. The van der Waals surface area contributed by atoms with Gasteiger partial charge in [0.2, 0.25) is 0 Å². The van der Waals surface area contributed by atoms with E-state index in [2.05, 4.69) is 20.5 Å². The summed E-state index contributed by atoms with van der Waals surface area (Å²) < 4.78 is 3.63. The van der Waals surface area contributed by atoms with E-state index in [1.807, 2.05) is 66.3 Å². The highest BCUT2D eigenvalue weighted by Crippen LogP contribution is 2.29. The number of pyridine rings is 1. The molecule has 5 aromatic rings. The number of hydrogen-bond acceptors (Lipinski definition) is 5. The summed E-state index contributed by atoms with van der Waals surface area (Å²) in [6, 6.07) is 15.2. The first-order chi connectivity index (χ1) is 15.6. The van der Waals surface area contributed by atoms with Gasteiger partial charge in [0, 0.05) is 41.1 Å². The lowest BCUT2D eigenvalue weighted by molar-refractivity contribution is 0.0955. The number of nitrogens with zero attached hydrogens (tertiary/aromatic N) is 5. The number of aromatic nitrogens is 5. The predicted molar refractivity (Wildman–Crippen MR) is 125 cm³/mol. The Hall–Kier alpha value is -3.49. The van der Waals surface area contributed by atoms with Gasteiger partial charge in [0.25, 0.3) is 5.91 Å². The van der Waals surface area contributed by atoms with Gasteiger partial charge in [0.05, 0.1) is 17.1 Å². The fourth-order valence-electron chi connectivity index (χ4n) is 3.53. The number of rotatable bonds is 6.